The molecule has 0 atom stereocenters. The monoisotopic (exact) mass is 446 g/mol. The van der Waals surface area contributed by atoms with E-state index in [0.29, 0.717) is 59.0 Å². The van der Waals surface area contributed by atoms with Gasteiger partial charge in [-0.05, 0) is 55.2 Å². The van der Waals surface area contributed by atoms with E-state index in [0.717, 1.165) is 12.8 Å². The summed E-state index contributed by atoms with van der Waals surface area (Å²) in [5.74, 6) is 1.65. The molecule has 0 saturated carbocycles. The zero-order valence-electron chi connectivity index (χ0n) is 17.9. The van der Waals surface area contributed by atoms with Crippen molar-refractivity contribution in [3.05, 3.63) is 52.5 Å². The summed E-state index contributed by atoms with van der Waals surface area (Å²) in [6, 6.07) is 10.1. The van der Waals surface area contributed by atoms with Crippen LogP contribution in [-0.4, -0.2) is 57.7 Å². The number of rotatable bonds is 7. The van der Waals surface area contributed by atoms with Gasteiger partial charge in [-0.25, -0.2) is 0 Å². The number of amides is 2. The number of hydrogen-bond donors (Lipinski definition) is 1. The number of piperidine rings is 1. The molecule has 31 heavy (non-hydrogen) atoms. The first kappa shape index (κ1) is 22.7. The van der Waals surface area contributed by atoms with Gasteiger partial charge in [-0.3, -0.25) is 9.59 Å². The zero-order valence-corrected chi connectivity index (χ0v) is 18.7. The Morgan fingerprint density at radius 1 is 0.968 bits per heavy atom. The molecule has 1 saturated heterocycles. The Labute approximate surface area is 187 Å². The third-order valence-electron chi connectivity index (χ3n) is 5.49. The topological polar surface area (TPSA) is 77.1 Å². The van der Waals surface area contributed by atoms with Crippen molar-refractivity contribution in [3.8, 4) is 17.2 Å². The van der Waals surface area contributed by atoms with Crippen LogP contribution in [0.1, 0.15) is 33.6 Å². The average Bonchev–Trinajstić information content (AvgIpc) is 2.81. The molecule has 2 amide bonds. The third-order valence-corrected chi connectivity index (χ3v) is 5.73. The Morgan fingerprint density at radius 3 is 2.26 bits per heavy atom. The molecule has 0 aromatic heterocycles. The number of halogens is 1. The highest BCUT2D eigenvalue weighted by atomic mass is 35.5. The van der Waals surface area contributed by atoms with Crippen LogP contribution in [-0.2, 0) is 0 Å². The molecule has 0 spiro atoms. The van der Waals surface area contributed by atoms with Crippen LogP contribution in [0.5, 0.6) is 17.2 Å². The predicted molar refractivity (Wildman–Crippen MR) is 119 cm³/mol. The fraction of sp³-hybridized carbons (Fsp3) is 0.391. The minimum Gasteiger partial charge on any atom is -0.496 e. The van der Waals surface area contributed by atoms with Crippen molar-refractivity contribution < 1.29 is 23.8 Å². The highest BCUT2D eigenvalue weighted by molar-refractivity contribution is 6.31. The highest BCUT2D eigenvalue weighted by Gasteiger charge is 2.26. The Morgan fingerprint density at radius 2 is 1.61 bits per heavy atom. The van der Waals surface area contributed by atoms with Gasteiger partial charge in [0, 0.05) is 30.2 Å². The van der Waals surface area contributed by atoms with E-state index >= 15 is 0 Å². The number of hydrogen-bond acceptors (Lipinski definition) is 5. The normalized spacial score (nSPS) is 14.1. The number of benzene rings is 2. The Hall–Kier alpha value is -2.93. The van der Waals surface area contributed by atoms with Crippen molar-refractivity contribution in [1.82, 2.24) is 10.2 Å². The van der Waals surface area contributed by atoms with E-state index in [9.17, 15) is 9.59 Å². The second kappa shape index (κ2) is 10.4. The van der Waals surface area contributed by atoms with E-state index in [1.807, 2.05) is 0 Å². The predicted octanol–water partition coefficient (Wildman–Crippen LogP) is 3.65. The molecular formula is C23H27ClN2O5. The number of ether oxygens (including phenoxy) is 3. The first-order valence-corrected chi connectivity index (χ1v) is 10.5. The van der Waals surface area contributed by atoms with E-state index in [1.165, 1.54) is 14.2 Å². The quantitative estimate of drug-likeness (QED) is 0.702. The molecule has 2 aromatic carbocycles. The average molecular weight is 447 g/mol. The molecule has 3 rings (SSSR count). The highest BCUT2D eigenvalue weighted by Crippen LogP contribution is 2.28. The fourth-order valence-electron chi connectivity index (χ4n) is 3.67. The lowest BCUT2D eigenvalue weighted by Crippen LogP contribution is -2.41. The van der Waals surface area contributed by atoms with E-state index in [2.05, 4.69) is 5.32 Å². The van der Waals surface area contributed by atoms with Gasteiger partial charge in [0.25, 0.3) is 11.8 Å². The minimum absolute atomic E-state index is 0.0906. The van der Waals surface area contributed by atoms with Crippen molar-refractivity contribution in [3.63, 3.8) is 0 Å². The summed E-state index contributed by atoms with van der Waals surface area (Å²) < 4.78 is 15.8. The zero-order chi connectivity index (χ0) is 22.4. The maximum Gasteiger partial charge on any atom is 0.257 e. The molecule has 0 bridgehead atoms. The summed E-state index contributed by atoms with van der Waals surface area (Å²) in [4.78, 5) is 27.2. The molecule has 1 N–H and O–H groups in total. The molecule has 1 fully saturated rings. The molecule has 1 aliphatic rings. The number of nitrogens with zero attached hydrogens (tertiary/aromatic N) is 1. The second-order valence-corrected chi connectivity index (χ2v) is 7.80. The van der Waals surface area contributed by atoms with Crippen LogP contribution in [0.3, 0.4) is 0 Å². The Balaban J connectivity index is 1.53. The first-order chi connectivity index (χ1) is 15.0. The van der Waals surface area contributed by atoms with Gasteiger partial charge < -0.3 is 24.4 Å². The molecule has 0 radical (unpaired) electrons. The molecule has 7 nitrogen and oxygen atoms in total. The first-order valence-electron chi connectivity index (χ1n) is 10.1. The van der Waals surface area contributed by atoms with Crippen LogP contribution < -0.4 is 19.5 Å². The smallest absolute Gasteiger partial charge is 0.257 e. The van der Waals surface area contributed by atoms with Crippen LogP contribution in [0.2, 0.25) is 5.02 Å². The number of nitrogens with one attached hydrogen (secondary N) is 1. The summed E-state index contributed by atoms with van der Waals surface area (Å²) >= 11 is 6.06. The van der Waals surface area contributed by atoms with Gasteiger partial charge >= 0.3 is 0 Å². The van der Waals surface area contributed by atoms with Crippen LogP contribution in [0.25, 0.3) is 0 Å². The lowest BCUT2D eigenvalue weighted by Gasteiger charge is -2.32. The summed E-state index contributed by atoms with van der Waals surface area (Å²) in [5, 5.41) is 3.48. The Bertz CT molecular complexity index is 942. The van der Waals surface area contributed by atoms with Crippen molar-refractivity contribution >= 4 is 23.4 Å². The van der Waals surface area contributed by atoms with Gasteiger partial charge in [-0.1, -0.05) is 11.6 Å². The van der Waals surface area contributed by atoms with Crippen molar-refractivity contribution in [1.29, 1.82) is 0 Å². The number of likely N-dealkylation sites (tertiary alicyclic amines) is 1. The van der Waals surface area contributed by atoms with Crippen molar-refractivity contribution in [2.45, 2.75) is 12.8 Å². The number of carbonyl (C=O) groups excluding carboxylic acids is 2. The summed E-state index contributed by atoms with van der Waals surface area (Å²) in [7, 11) is 4.62. The number of carbonyl (C=O) groups is 2. The fourth-order valence-corrected chi connectivity index (χ4v) is 3.85. The lowest BCUT2D eigenvalue weighted by molar-refractivity contribution is 0.0681. The standard InChI is InChI=1S/C23H27ClN2O5/c1-29-19-7-5-17(24)13-18(19)23(28)26-10-8-15(9-11-26)14-25-22(27)16-4-6-20(30-2)21(12-16)31-3/h4-7,12-13,15H,8-11,14H2,1-3H3,(H,25,27). The van der Waals surface area contributed by atoms with Gasteiger partial charge in [-0.2, -0.15) is 0 Å². The van der Waals surface area contributed by atoms with Gasteiger partial charge in [-0.15, -0.1) is 0 Å². The van der Waals surface area contributed by atoms with E-state index in [4.69, 9.17) is 25.8 Å². The summed E-state index contributed by atoms with van der Waals surface area (Å²) in [6.07, 6.45) is 1.61. The molecule has 2 aromatic rings. The molecular weight excluding hydrogens is 420 g/mol. The SMILES string of the molecule is COc1ccc(C(=O)NCC2CCN(C(=O)c3cc(Cl)ccc3OC)CC2)cc1OC. The molecule has 1 aliphatic heterocycles. The van der Waals surface area contributed by atoms with Crippen LogP contribution in [0, 0.1) is 5.92 Å². The van der Waals surface area contributed by atoms with Crippen LogP contribution >= 0.6 is 11.6 Å². The van der Waals surface area contributed by atoms with Gasteiger partial charge in [0.15, 0.2) is 11.5 Å². The summed E-state index contributed by atoms with van der Waals surface area (Å²) in [6.45, 7) is 1.78. The minimum atomic E-state index is -0.164. The molecule has 166 valence electrons. The third kappa shape index (κ3) is 5.41. The Kier molecular flexibility index (Phi) is 7.63. The van der Waals surface area contributed by atoms with E-state index in [-0.39, 0.29) is 11.8 Å². The van der Waals surface area contributed by atoms with Crippen molar-refractivity contribution in [2.75, 3.05) is 41.0 Å². The second-order valence-electron chi connectivity index (χ2n) is 7.36. The van der Waals surface area contributed by atoms with Crippen LogP contribution in [0.4, 0.5) is 0 Å². The van der Waals surface area contributed by atoms with Gasteiger partial charge in [0.2, 0.25) is 0 Å². The van der Waals surface area contributed by atoms with Crippen LogP contribution in [0.15, 0.2) is 36.4 Å². The maximum absolute atomic E-state index is 12.9. The molecule has 8 heteroatoms. The number of methoxy groups -OCH3 is 3. The van der Waals surface area contributed by atoms with Gasteiger partial charge in [0.1, 0.15) is 5.75 Å². The van der Waals surface area contributed by atoms with Gasteiger partial charge in [0.05, 0.1) is 26.9 Å². The maximum atomic E-state index is 12.9. The van der Waals surface area contributed by atoms with E-state index in [1.54, 1.807) is 48.4 Å². The molecule has 1 heterocycles. The molecule has 0 aliphatic carbocycles. The van der Waals surface area contributed by atoms with E-state index < -0.39 is 0 Å². The van der Waals surface area contributed by atoms with Crippen molar-refractivity contribution in [2.24, 2.45) is 5.92 Å². The largest absolute Gasteiger partial charge is 0.496 e. The molecule has 0 unspecified atom stereocenters. The lowest BCUT2D eigenvalue weighted by atomic mass is 9.96. The summed E-state index contributed by atoms with van der Waals surface area (Å²) in [5.41, 5.74) is 0.980.